The van der Waals surface area contributed by atoms with Gasteiger partial charge in [0.25, 0.3) is 0 Å². The predicted octanol–water partition coefficient (Wildman–Crippen LogP) is 4.94. The van der Waals surface area contributed by atoms with E-state index in [1.165, 1.54) is 12.1 Å². The van der Waals surface area contributed by atoms with Gasteiger partial charge < -0.3 is 4.74 Å². The van der Waals surface area contributed by atoms with Crippen molar-refractivity contribution in [3.8, 4) is 0 Å². The first-order valence-electron chi connectivity index (χ1n) is 7.71. The van der Waals surface area contributed by atoms with Crippen LogP contribution in [0, 0.1) is 9.39 Å². The largest absolute Gasteiger partial charge is 0.360 e. The van der Waals surface area contributed by atoms with Crippen molar-refractivity contribution < 1.29 is 17.5 Å². The lowest BCUT2D eigenvalue weighted by Crippen LogP contribution is -2.36. The zero-order valence-corrected chi connectivity index (χ0v) is 19.1. The van der Waals surface area contributed by atoms with Crippen LogP contribution in [0.25, 0.3) is 0 Å². The Kier molecular flexibility index (Phi) is 8.45. The quantitative estimate of drug-likeness (QED) is 0.156. The van der Waals surface area contributed by atoms with Gasteiger partial charge in [-0.05, 0) is 47.2 Å². The highest BCUT2D eigenvalue weighted by Crippen LogP contribution is 2.33. The van der Waals surface area contributed by atoms with Gasteiger partial charge in [0.2, 0.25) is 10.0 Å². The molecule has 0 N–H and O–H groups in total. The predicted molar refractivity (Wildman–Crippen MR) is 110 cm³/mol. The first-order valence-corrected chi connectivity index (χ1v) is 14.5. The van der Waals surface area contributed by atoms with Crippen LogP contribution in [0.5, 0.6) is 0 Å². The fourth-order valence-corrected chi connectivity index (χ4v) is 4.84. The van der Waals surface area contributed by atoms with E-state index in [1.807, 2.05) is 0 Å². The molecule has 0 saturated carbocycles. The van der Waals surface area contributed by atoms with E-state index in [1.54, 1.807) is 29.5 Å². The van der Waals surface area contributed by atoms with Crippen LogP contribution in [0.1, 0.15) is 13.3 Å². The molecule has 0 fully saturated rings. The summed E-state index contributed by atoms with van der Waals surface area (Å²) in [6.45, 7) is 8.83. The topological polar surface area (TPSA) is 46.6 Å². The Labute approximate surface area is 163 Å². The highest BCUT2D eigenvalue weighted by atomic mass is 127. The fourth-order valence-electron chi connectivity index (χ4n) is 1.90. The summed E-state index contributed by atoms with van der Waals surface area (Å²) in [6.07, 6.45) is 0.476. The summed E-state index contributed by atoms with van der Waals surface area (Å²) in [4.78, 5) is 0. The fraction of sp³-hybridized carbons (Fsp3) is 0.600. The molecule has 9 heteroatoms. The molecule has 24 heavy (non-hydrogen) atoms. The minimum Gasteiger partial charge on any atom is -0.360 e. The smallest absolute Gasteiger partial charge is 0.237 e. The Morgan fingerprint density at radius 3 is 2.50 bits per heavy atom. The van der Waals surface area contributed by atoms with Gasteiger partial charge in [-0.2, -0.15) is 0 Å². The number of nitrogens with zero attached hydrogens (tertiary/aromatic N) is 1. The lowest BCUT2D eigenvalue weighted by molar-refractivity contribution is 0.156. The van der Waals surface area contributed by atoms with Crippen molar-refractivity contribution in [2.45, 2.75) is 39.0 Å². The second-order valence-electron chi connectivity index (χ2n) is 6.71. The normalized spacial score (nSPS) is 12.5. The molecule has 1 aromatic rings. The third-order valence-electron chi connectivity index (χ3n) is 3.29. The summed E-state index contributed by atoms with van der Waals surface area (Å²) in [7, 11) is -4.85. The van der Waals surface area contributed by atoms with Gasteiger partial charge in [-0.15, -0.1) is 0 Å². The van der Waals surface area contributed by atoms with Gasteiger partial charge >= 0.3 is 0 Å². The number of anilines is 1. The summed E-state index contributed by atoms with van der Waals surface area (Å²) in [5.41, 5.74) is 0.254. The van der Waals surface area contributed by atoms with Crippen molar-refractivity contribution in [3.63, 3.8) is 0 Å². The number of sulfonamides is 1. The highest BCUT2D eigenvalue weighted by molar-refractivity contribution is 14.1. The van der Waals surface area contributed by atoms with Gasteiger partial charge in [0.15, 0.2) is 0 Å². The first-order chi connectivity index (χ1) is 11.0. The Morgan fingerprint density at radius 2 is 1.96 bits per heavy atom. The lowest BCUT2D eigenvalue weighted by Gasteiger charge is -2.26. The number of hydrogen-bond acceptors (Lipinski definition) is 3. The molecule has 0 aliphatic rings. The van der Waals surface area contributed by atoms with Gasteiger partial charge in [-0.1, -0.05) is 38.2 Å². The summed E-state index contributed by atoms with van der Waals surface area (Å²) < 4.78 is 45.7. The van der Waals surface area contributed by atoms with E-state index in [0.29, 0.717) is 13.0 Å². The molecule has 4 nitrogen and oxygen atoms in total. The van der Waals surface area contributed by atoms with E-state index < -0.39 is 23.9 Å². The van der Waals surface area contributed by atoms with E-state index in [2.05, 4.69) is 19.6 Å². The number of rotatable bonds is 9. The molecule has 0 saturated heterocycles. The van der Waals surface area contributed by atoms with Crippen molar-refractivity contribution in [3.05, 3.63) is 26.5 Å². The molecular formula is C15H24ClFINO3SSi. The third-order valence-corrected chi connectivity index (χ3v) is 8.64. The maximum Gasteiger partial charge on any atom is 0.237 e. The van der Waals surface area contributed by atoms with Crippen LogP contribution in [0.3, 0.4) is 0 Å². The molecule has 0 spiro atoms. The molecule has 0 bridgehead atoms. The summed E-state index contributed by atoms with van der Waals surface area (Å²) >= 11 is 7.95. The Bertz CT molecular complexity index is 667. The number of hydrogen-bond donors (Lipinski definition) is 0. The number of ether oxygens (including phenoxy) is 1. The number of benzene rings is 1. The van der Waals surface area contributed by atoms with Crippen LogP contribution in [0.4, 0.5) is 10.1 Å². The summed E-state index contributed by atoms with van der Waals surface area (Å²) in [6, 6.07) is 3.54. The van der Waals surface area contributed by atoms with Crippen molar-refractivity contribution in [2.75, 3.05) is 23.4 Å². The average molecular weight is 508 g/mol. The van der Waals surface area contributed by atoms with E-state index in [-0.39, 0.29) is 26.8 Å². The molecule has 0 aliphatic heterocycles. The van der Waals surface area contributed by atoms with Gasteiger partial charge in [0.05, 0.1) is 20.0 Å². The maximum absolute atomic E-state index is 13.6. The molecule has 1 rings (SSSR count). The van der Waals surface area contributed by atoms with Crippen molar-refractivity contribution in [1.82, 2.24) is 0 Å². The van der Waals surface area contributed by atoms with Crippen LogP contribution in [-0.4, -0.2) is 35.6 Å². The van der Waals surface area contributed by atoms with E-state index >= 15 is 0 Å². The molecule has 0 aliphatic carbocycles. The molecule has 0 atom stereocenters. The monoisotopic (exact) mass is 507 g/mol. The molecule has 0 heterocycles. The van der Waals surface area contributed by atoms with Gasteiger partial charge in [0, 0.05) is 14.7 Å². The average Bonchev–Trinajstić information content (AvgIpc) is 2.45. The zero-order valence-electron chi connectivity index (χ0n) is 14.4. The zero-order chi connectivity index (χ0) is 18.5. The van der Waals surface area contributed by atoms with Crippen LogP contribution in [-0.2, 0) is 14.8 Å². The minimum absolute atomic E-state index is 0.0192. The summed E-state index contributed by atoms with van der Waals surface area (Å²) in [5, 5.41) is 0.0871. The van der Waals surface area contributed by atoms with Gasteiger partial charge in [-0.3, -0.25) is 0 Å². The minimum atomic E-state index is -3.58. The third kappa shape index (κ3) is 6.43. The molecule has 0 aromatic heterocycles. The SMILES string of the molecule is CCCS(=O)(=O)N(COCC[Si](C)(C)C)c1ccc(F)c(I)c1Cl. The second-order valence-corrected chi connectivity index (χ2v) is 15.8. The van der Waals surface area contributed by atoms with Crippen LogP contribution < -0.4 is 4.31 Å². The van der Waals surface area contributed by atoms with E-state index in [9.17, 15) is 12.8 Å². The van der Waals surface area contributed by atoms with Crippen LogP contribution in [0.2, 0.25) is 30.7 Å². The lowest BCUT2D eigenvalue weighted by atomic mass is 10.3. The maximum atomic E-state index is 13.6. The van der Waals surface area contributed by atoms with Gasteiger partial charge in [-0.25, -0.2) is 17.1 Å². The van der Waals surface area contributed by atoms with Crippen molar-refractivity contribution in [1.29, 1.82) is 0 Å². The first kappa shape index (κ1) is 22.1. The van der Waals surface area contributed by atoms with Gasteiger partial charge in [0.1, 0.15) is 12.5 Å². The molecule has 1 aromatic carbocycles. The Morgan fingerprint density at radius 1 is 1.33 bits per heavy atom. The molecule has 0 amide bonds. The molecule has 0 radical (unpaired) electrons. The van der Waals surface area contributed by atoms with E-state index in [4.69, 9.17) is 16.3 Å². The summed E-state index contributed by atoms with van der Waals surface area (Å²) in [5.74, 6) is -0.494. The standard InChI is InChI=1S/C15H24ClFINO3SSi/c1-5-9-23(20,21)19(11-22-8-10-24(2,3)4)13-7-6-12(17)15(18)14(13)16/h6-7H,5,8-11H2,1-4H3. The van der Waals surface area contributed by atoms with Crippen molar-refractivity contribution >= 4 is 58.0 Å². The van der Waals surface area contributed by atoms with E-state index in [0.717, 1.165) is 10.3 Å². The molecule has 138 valence electrons. The second kappa shape index (κ2) is 9.16. The molecule has 0 unspecified atom stereocenters. The van der Waals surface area contributed by atoms with Crippen LogP contribution in [0.15, 0.2) is 12.1 Å². The highest BCUT2D eigenvalue weighted by Gasteiger charge is 2.26. The number of halogens is 3. The van der Waals surface area contributed by atoms with Crippen molar-refractivity contribution in [2.24, 2.45) is 0 Å². The Balaban J connectivity index is 3.05. The Hall–Kier alpha value is 0.0969. The van der Waals surface area contributed by atoms with Crippen LogP contribution >= 0.6 is 34.2 Å². The molecular weight excluding hydrogens is 484 g/mol.